The van der Waals surface area contributed by atoms with Gasteiger partial charge in [-0.05, 0) is 37.4 Å². The van der Waals surface area contributed by atoms with Crippen LogP contribution in [0.15, 0.2) is 46.2 Å². The number of nitrogens with one attached hydrogen (secondary N) is 1. The molecule has 0 aliphatic carbocycles. The Hall–Kier alpha value is -2.27. The highest BCUT2D eigenvalue weighted by Gasteiger charge is 2.16. The average Bonchev–Trinajstić information content (AvgIpc) is 3.16. The molecule has 1 amide bonds. The quantitative estimate of drug-likeness (QED) is 0.733. The molecular weight excluding hydrogens is 310 g/mol. The van der Waals surface area contributed by atoms with E-state index in [2.05, 4.69) is 5.32 Å². The summed E-state index contributed by atoms with van der Waals surface area (Å²) in [6, 6.07) is 11.5. The summed E-state index contributed by atoms with van der Waals surface area (Å²) in [5.74, 6) is 1.45. The van der Waals surface area contributed by atoms with Gasteiger partial charge < -0.3 is 14.5 Å². The first-order valence-electron chi connectivity index (χ1n) is 7.64. The summed E-state index contributed by atoms with van der Waals surface area (Å²) in [5, 5.41) is 5.93. The van der Waals surface area contributed by atoms with Gasteiger partial charge in [0.15, 0.2) is 11.3 Å². The summed E-state index contributed by atoms with van der Waals surface area (Å²) in [6.07, 6.45) is 0.395. The van der Waals surface area contributed by atoms with Crippen molar-refractivity contribution in [2.75, 3.05) is 6.61 Å². The van der Waals surface area contributed by atoms with Gasteiger partial charge in [0, 0.05) is 10.3 Å². The van der Waals surface area contributed by atoms with E-state index in [1.165, 1.54) is 0 Å². The van der Waals surface area contributed by atoms with E-state index in [-0.39, 0.29) is 11.9 Å². The number of thiophene rings is 1. The minimum absolute atomic E-state index is 0.00885. The molecule has 0 fully saturated rings. The maximum Gasteiger partial charge on any atom is 0.225 e. The fraction of sp³-hybridized carbons (Fsp3) is 0.278. The summed E-state index contributed by atoms with van der Waals surface area (Å²) in [4.78, 5) is 13.2. The topological polar surface area (TPSA) is 51.5 Å². The molecule has 3 aromatic rings. The maximum atomic E-state index is 12.1. The molecule has 3 rings (SSSR count). The first-order valence-corrected chi connectivity index (χ1v) is 8.52. The van der Waals surface area contributed by atoms with Gasteiger partial charge in [-0.15, -0.1) is 11.3 Å². The Balaban J connectivity index is 1.74. The second-order valence-corrected chi connectivity index (χ2v) is 6.33. The largest absolute Gasteiger partial charge is 0.490 e. The molecule has 0 aliphatic heterocycles. The molecular formula is C18H19NO3S. The number of ether oxygens (including phenoxy) is 1. The first-order chi connectivity index (χ1) is 11.2. The second kappa shape index (κ2) is 6.87. The van der Waals surface area contributed by atoms with Gasteiger partial charge in [0.2, 0.25) is 5.91 Å². The third-order valence-corrected chi connectivity index (χ3v) is 4.42. The van der Waals surface area contributed by atoms with E-state index < -0.39 is 0 Å². The van der Waals surface area contributed by atoms with Crippen LogP contribution in [0.1, 0.15) is 30.5 Å². The van der Waals surface area contributed by atoms with E-state index in [4.69, 9.17) is 9.15 Å². The number of fused-ring (bicyclic) bond motifs is 1. The van der Waals surface area contributed by atoms with Crippen LogP contribution in [0.25, 0.3) is 11.0 Å². The number of carbonyl (C=O) groups is 1. The van der Waals surface area contributed by atoms with Gasteiger partial charge in [0.05, 0.1) is 19.1 Å². The Morgan fingerprint density at radius 3 is 2.96 bits per heavy atom. The van der Waals surface area contributed by atoms with Crippen LogP contribution in [-0.4, -0.2) is 12.5 Å². The number of hydrogen-bond acceptors (Lipinski definition) is 4. The lowest BCUT2D eigenvalue weighted by molar-refractivity contribution is -0.121. The predicted octanol–water partition coefficient (Wildman–Crippen LogP) is 4.31. The molecule has 2 aromatic heterocycles. The fourth-order valence-corrected chi connectivity index (χ4v) is 3.18. The molecule has 0 radical (unpaired) electrons. The van der Waals surface area contributed by atoms with Crippen molar-refractivity contribution in [1.29, 1.82) is 0 Å². The number of carbonyl (C=O) groups excluding carboxylic acids is 1. The highest BCUT2D eigenvalue weighted by Crippen LogP contribution is 2.31. The van der Waals surface area contributed by atoms with E-state index >= 15 is 0 Å². The van der Waals surface area contributed by atoms with Gasteiger partial charge in [-0.25, -0.2) is 0 Å². The van der Waals surface area contributed by atoms with Crippen molar-refractivity contribution in [3.63, 3.8) is 0 Å². The van der Waals surface area contributed by atoms with Crippen molar-refractivity contribution in [3.05, 3.63) is 52.4 Å². The molecule has 0 unspecified atom stereocenters. The van der Waals surface area contributed by atoms with E-state index in [1.54, 1.807) is 11.3 Å². The van der Waals surface area contributed by atoms with Gasteiger partial charge in [-0.3, -0.25) is 4.79 Å². The van der Waals surface area contributed by atoms with E-state index in [0.29, 0.717) is 13.0 Å². The Bertz CT molecular complexity index is 792. The zero-order valence-electron chi connectivity index (χ0n) is 13.2. The molecule has 23 heavy (non-hydrogen) atoms. The number of furan rings is 1. The first kappa shape index (κ1) is 15.6. The molecule has 120 valence electrons. The number of benzene rings is 1. The zero-order chi connectivity index (χ0) is 16.2. The van der Waals surface area contributed by atoms with Crippen molar-refractivity contribution in [2.24, 2.45) is 0 Å². The molecule has 0 saturated heterocycles. The van der Waals surface area contributed by atoms with Crippen molar-refractivity contribution in [2.45, 2.75) is 26.3 Å². The minimum atomic E-state index is -0.190. The Morgan fingerprint density at radius 1 is 1.35 bits per heavy atom. The van der Waals surface area contributed by atoms with Crippen LogP contribution < -0.4 is 10.1 Å². The molecule has 0 aliphatic rings. The average molecular weight is 329 g/mol. The molecule has 1 aromatic carbocycles. The van der Waals surface area contributed by atoms with Crippen molar-refractivity contribution in [3.8, 4) is 5.75 Å². The van der Waals surface area contributed by atoms with Crippen LogP contribution >= 0.6 is 11.3 Å². The lowest BCUT2D eigenvalue weighted by Gasteiger charge is -2.10. The fourth-order valence-electron chi connectivity index (χ4n) is 2.47. The van der Waals surface area contributed by atoms with Crippen molar-refractivity contribution < 1.29 is 13.9 Å². The van der Waals surface area contributed by atoms with E-state index in [1.807, 2.05) is 55.6 Å². The molecule has 0 saturated carbocycles. The number of amides is 1. The molecule has 5 heteroatoms. The van der Waals surface area contributed by atoms with Crippen LogP contribution in [0.2, 0.25) is 0 Å². The normalized spacial score (nSPS) is 12.3. The Morgan fingerprint density at radius 2 is 2.22 bits per heavy atom. The lowest BCUT2D eigenvalue weighted by Crippen LogP contribution is -2.27. The van der Waals surface area contributed by atoms with Crippen LogP contribution in [0.5, 0.6) is 5.75 Å². The molecule has 1 N–H and O–H groups in total. The summed E-state index contributed by atoms with van der Waals surface area (Å²) in [6.45, 7) is 4.45. The summed E-state index contributed by atoms with van der Waals surface area (Å²) in [7, 11) is 0. The molecule has 2 heterocycles. The third kappa shape index (κ3) is 3.56. The van der Waals surface area contributed by atoms with Gasteiger partial charge >= 0.3 is 0 Å². The lowest BCUT2D eigenvalue weighted by atomic mass is 10.2. The highest BCUT2D eigenvalue weighted by atomic mass is 32.1. The van der Waals surface area contributed by atoms with E-state index in [9.17, 15) is 4.79 Å². The van der Waals surface area contributed by atoms with Crippen LogP contribution in [0, 0.1) is 0 Å². The van der Waals surface area contributed by atoms with Gasteiger partial charge in [-0.2, -0.15) is 0 Å². The summed E-state index contributed by atoms with van der Waals surface area (Å²) < 4.78 is 11.5. The molecule has 1 atom stereocenters. The van der Waals surface area contributed by atoms with Crippen molar-refractivity contribution >= 4 is 28.2 Å². The van der Waals surface area contributed by atoms with Crippen LogP contribution in [-0.2, 0) is 11.2 Å². The highest BCUT2D eigenvalue weighted by molar-refractivity contribution is 7.10. The Labute approximate surface area is 139 Å². The number of hydrogen-bond donors (Lipinski definition) is 1. The minimum Gasteiger partial charge on any atom is -0.490 e. The standard InChI is InChI=1S/C18H19NO3S/c1-3-21-15-8-4-6-13-10-16(22-18(13)15)12(2)19-17(20)11-14-7-5-9-23-14/h4-10,12H,3,11H2,1-2H3,(H,19,20)/t12-/m0/s1. The van der Waals surface area contributed by atoms with Gasteiger partial charge in [0.25, 0.3) is 0 Å². The summed E-state index contributed by atoms with van der Waals surface area (Å²) >= 11 is 1.58. The van der Waals surface area contributed by atoms with Crippen molar-refractivity contribution in [1.82, 2.24) is 5.32 Å². The number of para-hydroxylation sites is 1. The molecule has 0 spiro atoms. The molecule has 0 bridgehead atoms. The predicted molar refractivity (Wildman–Crippen MR) is 92.0 cm³/mol. The monoisotopic (exact) mass is 329 g/mol. The Kier molecular flexibility index (Phi) is 4.67. The third-order valence-electron chi connectivity index (χ3n) is 3.55. The SMILES string of the molecule is CCOc1cccc2cc([C@H](C)NC(=O)Cc3cccs3)oc12. The second-order valence-electron chi connectivity index (χ2n) is 5.30. The number of rotatable bonds is 6. The molecule has 4 nitrogen and oxygen atoms in total. The van der Waals surface area contributed by atoms with Gasteiger partial charge in [0.1, 0.15) is 5.76 Å². The van der Waals surface area contributed by atoms with Crippen LogP contribution in [0.4, 0.5) is 0 Å². The zero-order valence-corrected chi connectivity index (χ0v) is 14.0. The van der Waals surface area contributed by atoms with Gasteiger partial charge in [-0.1, -0.05) is 18.2 Å². The summed E-state index contributed by atoms with van der Waals surface area (Å²) in [5.41, 5.74) is 0.726. The smallest absolute Gasteiger partial charge is 0.225 e. The van der Waals surface area contributed by atoms with Crippen LogP contribution in [0.3, 0.4) is 0 Å². The van der Waals surface area contributed by atoms with E-state index in [0.717, 1.165) is 27.4 Å². The maximum absolute atomic E-state index is 12.1.